The molecule has 0 aromatic heterocycles. The summed E-state index contributed by atoms with van der Waals surface area (Å²) in [6, 6.07) is 7.11. The molecule has 1 aromatic carbocycles. The Bertz CT molecular complexity index is 831. The van der Waals surface area contributed by atoms with Crippen molar-refractivity contribution in [2.75, 3.05) is 6.61 Å². The van der Waals surface area contributed by atoms with E-state index in [1.54, 1.807) is 11.1 Å². The van der Waals surface area contributed by atoms with Gasteiger partial charge in [-0.1, -0.05) is 24.3 Å². The Morgan fingerprint density at radius 2 is 2.10 bits per heavy atom. The number of hydrogen-bond donors (Lipinski definition) is 2. The van der Waals surface area contributed by atoms with Gasteiger partial charge >= 0.3 is 0 Å². The molecule has 2 saturated heterocycles. The number of benzene rings is 1. The normalized spacial score (nSPS) is 28.6. The molecule has 0 spiro atoms. The molecule has 0 bridgehead atoms. The molecule has 0 saturated carbocycles. The number of nitrogens with one attached hydrogen (secondary N) is 2. The second-order valence-electron chi connectivity index (χ2n) is 7.95. The van der Waals surface area contributed by atoms with Crippen molar-refractivity contribution < 1.29 is 19.1 Å². The Balaban J connectivity index is 1.48. The zero-order chi connectivity index (χ0) is 20.4. The van der Waals surface area contributed by atoms with E-state index in [0.29, 0.717) is 19.4 Å². The molecule has 4 rings (SSSR count). The number of carbonyl (C=O) groups excluding carboxylic acids is 3. The Labute approximate surface area is 170 Å². The maximum atomic E-state index is 13.0. The predicted octanol–water partition coefficient (Wildman–Crippen LogP) is 1.89. The van der Waals surface area contributed by atoms with Crippen LogP contribution in [0.15, 0.2) is 30.5 Å². The van der Waals surface area contributed by atoms with Crippen LogP contribution in [0.1, 0.15) is 56.2 Å². The largest absolute Gasteiger partial charge is 0.376 e. The Kier molecular flexibility index (Phi) is 5.67. The lowest BCUT2D eigenvalue weighted by Gasteiger charge is -2.37. The standard InChI is InChI=1S/C22H27N3O4/c1-14(26)25-11-10-15-5-2-3-6-16(15)18(25)13-21(28)23-17-8-9-20(27)24-22(17)19-7-4-12-29-19/h2-3,5-6,10-11,17-19,22H,4,7-9,12-13H2,1H3,(H,23,28)(H,24,27). The molecule has 0 radical (unpaired) electrons. The van der Waals surface area contributed by atoms with Crippen molar-refractivity contribution in [3.63, 3.8) is 0 Å². The molecular formula is C22H27N3O4. The van der Waals surface area contributed by atoms with Gasteiger partial charge in [0, 0.05) is 26.2 Å². The number of piperidine rings is 1. The monoisotopic (exact) mass is 397 g/mol. The topological polar surface area (TPSA) is 87.7 Å². The second-order valence-corrected chi connectivity index (χ2v) is 7.95. The molecule has 2 N–H and O–H groups in total. The van der Waals surface area contributed by atoms with Crippen molar-refractivity contribution in [3.8, 4) is 0 Å². The van der Waals surface area contributed by atoms with Gasteiger partial charge in [-0.25, -0.2) is 0 Å². The number of nitrogens with zero attached hydrogens (tertiary/aromatic N) is 1. The Morgan fingerprint density at radius 1 is 1.28 bits per heavy atom. The van der Waals surface area contributed by atoms with E-state index in [-0.39, 0.29) is 48.4 Å². The van der Waals surface area contributed by atoms with Crippen LogP contribution < -0.4 is 10.6 Å². The molecule has 154 valence electrons. The van der Waals surface area contributed by atoms with E-state index in [0.717, 1.165) is 24.0 Å². The van der Waals surface area contributed by atoms with Crippen LogP contribution in [0.5, 0.6) is 0 Å². The van der Waals surface area contributed by atoms with Crippen LogP contribution in [0.25, 0.3) is 6.08 Å². The van der Waals surface area contributed by atoms with Gasteiger partial charge in [0.05, 0.1) is 30.7 Å². The molecule has 3 heterocycles. The highest BCUT2D eigenvalue weighted by Crippen LogP contribution is 2.33. The first-order valence-electron chi connectivity index (χ1n) is 10.3. The summed E-state index contributed by atoms with van der Waals surface area (Å²) in [5.41, 5.74) is 1.98. The molecule has 7 nitrogen and oxygen atoms in total. The maximum absolute atomic E-state index is 13.0. The zero-order valence-electron chi connectivity index (χ0n) is 16.6. The summed E-state index contributed by atoms with van der Waals surface area (Å²) in [6.07, 6.45) is 6.60. The van der Waals surface area contributed by atoms with Crippen LogP contribution in [-0.2, 0) is 19.1 Å². The number of fused-ring (bicyclic) bond motifs is 1. The first-order chi connectivity index (χ1) is 14.0. The van der Waals surface area contributed by atoms with Crippen LogP contribution in [0, 0.1) is 0 Å². The minimum Gasteiger partial charge on any atom is -0.376 e. The van der Waals surface area contributed by atoms with Crippen molar-refractivity contribution in [2.24, 2.45) is 0 Å². The van der Waals surface area contributed by atoms with E-state index in [1.807, 2.05) is 30.3 Å². The molecule has 4 atom stereocenters. The summed E-state index contributed by atoms with van der Waals surface area (Å²) in [7, 11) is 0. The van der Waals surface area contributed by atoms with Gasteiger partial charge in [0.1, 0.15) is 0 Å². The van der Waals surface area contributed by atoms with Crippen LogP contribution in [0.3, 0.4) is 0 Å². The summed E-state index contributed by atoms with van der Waals surface area (Å²) < 4.78 is 5.77. The molecule has 3 aliphatic rings. The lowest BCUT2D eigenvalue weighted by atomic mass is 9.91. The van der Waals surface area contributed by atoms with E-state index < -0.39 is 0 Å². The molecule has 3 amide bonds. The van der Waals surface area contributed by atoms with Crippen molar-refractivity contribution in [3.05, 3.63) is 41.6 Å². The van der Waals surface area contributed by atoms with Crippen molar-refractivity contribution >= 4 is 23.8 Å². The summed E-state index contributed by atoms with van der Waals surface area (Å²) in [5, 5.41) is 6.11. The van der Waals surface area contributed by atoms with Gasteiger partial charge in [-0.15, -0.1) is 0 Å². The third-order valence-corrected chi connectivity index (χ3v) is 6.00. The van der Waals surface area contributed by atoms with Crippen LogP contribution >= 0.6 is 0 Å². The summed E-state index contributed by atoms with van der Waals surface area (Å²) >= 11 is 0. The Hall–Kier alpha value is -2.67. The van der Waals surface area contributed by atoms with Crippen molar-refractivity contribution in [1.29, 1.82) is 0 Å². The van der Waals surface area contributed by atoms with Crippen molar-refractivity contribution in [1.82, 2.24) is 15.5 Å². The van der Waals surface area contributed by atoms with E-state index in [4.69, 9.17) is 4.74 Å². The minimum absolute atomic E-state index is 0.00472. The fraction of sp³-hybridized carbons (Fsp3) is 0.500. The first-order valence-corrected chi connectivity index (χ1v) is 10.3. The molecule has 0 aliphatic carbocycles. The number of ether oxygens (including phenoxy) is 1. The number of amides is 3. The SMILES string of the molecule is CC(=O)N1C=Cc2ccccc2C1CC(=O)NC1CCC(=O)NC1C1CCCO1. The average Bonchev–Trinajstić information content (AvgIpc) is 3.24. The quantitative estimate of drug-likeness (QED) is 0.812. The average molecular weight is 397 g/mol. The van der Waals surface area contributed by atoms with Gasteiger partial charge in [-0.2, -0.15) is 0 Å². The maximum Gasteiger partial charge on any atom is 0.223 e. The van der Waals surface area contributed by atoms with Gasteiger partial charge < -0.3 is 20.3 Å². The third kappa shape index (κ3) is 4.19. The zero-order valence-corrected chi connectivity index (χ0v) is 16.6. The second kappa shape index (κ2) is 8.37. The van der Waals surface area contributed by atoms with E-state index in [1.165, 1.54) is 6.92 Å². The van der Waals surface area contributed by atoms with Gasteiger partial charge in [0.25, 0.3) is 0 Å². The summed E-state index contributed by atoms with van der Waals surface area (Å²) in [6.45, 7) is 2.20. The molecule has 1 aromatic rings. The van der Waals surface area contributed by atoms with E-state index >= 15 is 0 Å². The first kappa shape index (κ1) is 19.6. The summed E-state index contributed by atoms with van der Waals surface area (Å²) in [5.74, 6) is -0.226. The van der Waals surface area contributed by atoms with Crippen molar-refractivity contribution in [2.45, 2.75) is 63.3 Å². The lowest BCUT2D eigenvalue weighted by Crippen LogP contribution is -2.60. The van der Waals surface area contributed by atoms with Crippen LogP contribution in [0.2, 0.25) is 0 Å². The number of carbonyl (C=O) groups is 3. The minimum atomic E-state index is -0.340. The number of rotatable bonds is 4. The molecular weight excluding hydrogens is 370 g/mol. The fourth-order valence-corrected chi connectivity index (χ4v) is 4.58. The Morgan fingerprint density at radius 3 is 2.86 bits per heavy atom. The highest BCUT2D eigenvalue weighted by atomic mass is 16.5. The molecule has 29 heavy (non-hydrogen) atoms. The van der Waals surface area contributed by atoms with Crippen LogP contribution in [0.4, 0.5) is 0 Å². The molecule has 4 unspecified atom stereocenters. The third-order valence-electron chi connectivity index (χ3n) is 6.00. The van der Waals surface area contributed by atoms with Gasteiger partial charge in [-0.05, 0) is 36.5 Å². The fourth-order valence-electron chi connectivity index (χ4n) is 4.58. The van der Waals surface area contributed by atoms with Crippen LogP contribution in [-0.4, -0.2) is 47.4 Å². The molecule has 3 aliphatic heterocycles. The van der Waals surface area contributed by atoms with Gasteiger partial charge in [-0.3, -0.25) is 14.4 Å². The van der Waals surface area contributed by atoms with E-state index in [9.17, 15) is 14.4 Å². The smallest absolute Gasteiger partial charge is 0.223 e. The molecule has 7 heteroatoms. The number of hydrogen-bond acceptors (Lipinski definition) is 4. The lowest BCUT2D eigenvalue weighted by molar-refractivity contribution is -0.131. The highest BCUT2D eigenvalue weighted by molar-refractivity contribution is 5.82. The summed E-state index contributed by atoms with van der Waals surface area (Å²) in [4.78, 5) is 38.6. The molecule has 2 fully saturated rings. The van der Waals surface area contributed by atoms with Gasteiger partial charge in [0.2, 0.25) is 17.7 Å². The van der Waals surface area contributed by atoms with E-state index in [2.05, 4.69) is 10.6 Å². The highest BCUT2D eigenvalue weighted by Gasteiger charge is 2.38. The predicted molar refractivity (Wildman–Crippen MR) is 107 cm³/mol. The van der Waals surface area contributed by atoms with Gasteiger partial charge in [0.15, 0.2) is 0 Å².